The number of amides is 2. The average Bonchev–Trinajstić information content (AvgIpc) is 3.15. The van der Waals surface area contributed by atoms with Gasteiger partial charge >= 0.3 is 0 Å². The minimum atomic E-state index is -0.116. The van der Waals surface area contributed by atoms with Crippen molar-refractivity contribution in [1.82, 2.24) is 9.80 Å². The lowest BCUT2D eigenvalue weighted by Gasteiger charge is -2.37. The Bertz CT molecular complexity index is 720. The van der Waals surface area contributed by atoms with Gasteiger partial charge in [0.15, 0.2) is 0 Å². The smallest absolute Gasteiger partial charge is 0.253 e. The van der Waals surface area contributed by atoms with Crippen molar-refractivity contribution in [3.05, 3.63) is 52.2 Å². The van der Waals surface area contributed by atoms with Gasteiger partial charge in [0.1, 0.15) is 0 Å². The SMILES string of the molecule is CC(=O)Nc1ccc(C(=O)N2CCN(C(C)c3cccs3)CC2)cc1. The van der Waals surface area contributed by atoms with Gasteiger partial charge in [-0.2, -0.15) is 0 Å². The van der Waals surface area contributed by atoms with Crippen LogP contribution in [0.4, 0.5) is 5.69 Å². The number of nitrogens with one attached hydrogen (secondary N) is 1. The van der Waals surface area contributed by atoms with Crippen molar-refractivity contribution in [3.8, 4) is 0 Å². The molecule has 1 aromatic carbocycles. The molecule has 0 radical (unpaired) electrons. The Morgan fingerprint density at radius 2 is 1.76 bits per heavy atom. The highest BCUT2D eigenvalue weighted by Crippen LogP contribution is 2.25. The number of thiophene rings is 1. The molecular weight excluding hydrogens is 334 g/mol. The van der Waals surface area contributed by atoms with Crippen LogP contribution in [0.15, 0.2) is 41.8 Å². The topological polar surface area (TPSA) is 52.7 Å². The molecule has 1 atom stereocenters. The largest absolute Gasteiger partial charge is 0.336 e. The zero-order chi connectivity index (χ0) is 17.8. The number of piperazine rings is 1. The molecule has 2 aromatic rings. The van der Waals surface area contributed by atoms with Gasteiger partial charge in [-0.15, -0.1) is 11.3 Å². The van der Waals surface area contributed by atoms with Crippen LogP contribution in [0.3, 0.4) is 0 Å². The van der Waals surface area contributed by atoms with E-state index in [2.05, 4.69) is 34.7 Å². The predicted molar refractivity (Wildman–Crippen MR) is 101 cm³/mol. The molecular formula is C19H23N3O2S. The molecule has 1 unspecified atom stereocenters. The summed E-state index contributed by atoms with van der Waals surface area (Å²) in [6.45, 7) is 6.94. The maximum Gasteiger partial charge on any atom is 0.253 e. The zero-order valence-electron chi connectivity index (χ0n) is 14.6. The van der Waals surface area contributed by atoms with E-state index >= 15 is 0 Å². The molecule has 0 saturated carbocycles. The lowest BCUT2D eigenvalue weighted by molar-refractivity contribution is -0.114. The van der Waals surface area contributed by atoms with Gasteiger partial charge in [0.05, 0.1) is 0 Å². The van der Waals surface area contributed by atoms with Gasteiger partial charge in [0, 0.05) is 55.3 Å². The number of rotatable bonds is 4. The minimum Gasteiger partial charge on any atom is -0.336 e. The third kappa shape index (κ3) is 4.27. The fraction of sp³-hybridized carbons (Fsp3) is 0.368. The highest BCUT2D eigenvalue weighted by atomic mass is 32.1. The van der Waals surface area contributed by atoms with Crippen molar-refractivity contribution in [2.45, 2.75) is 19.9 Å². The quantitative estimate of drug-likeness (QED) is 0.914. The third-order valence-corrected chi connectivity index (χ3v) is 5.60. The first-order valence-corrected chi connectivity index (χ1v) is 9.37. The Hall–Kier alpha value is -2.18. The summed E-state index contributed by atoms with van der Waals surface area (Å²) in [5.74, 6) is -0.0622. The van der Waals surface area contributed by atoms with Gasteiger partial charge < -0.3 is 10.2 Å². The van der Waals surface area contributed by atoms with E-state index in [1.165, 1.54) is 11.8 Å². The van der Waals surface area contributed by atoms with Crippen molar-refractivity contribution in [2.24, 2.45) is 0 Å². The summed E-state index contributed by atoms with van der Waals surface area (Å²) in [6, 6.07) is 11.7. The summed E-state index contributed by atoms with van der Waals surface area (Å²) < 4.78 is 0. The number of benzene rings is 1. The molecule has 0 aliphatic carbocycles. The van der Waals surface area contributed by atoms with E-state index in [1.54, 1.807) is 35.6 Å². The number of carbonyl (C=O) groups excluding carboxylic acids is 2. The maximum absolute atomic E-state index is 12.7. The summed E-state index contributed by atoms with van der Waals surface area (Å²) in [5.41, 5.74) is 1.37. The highest BCUT2D eigenvalue weighted by Gasteiger charge is 2.25. The molecule has 1 aromatic heterocycles. The summed E-state index contributed by atoms with van der Waals surface area (Å²) in [4.78, 5) is 29.4. The van der Waals surface area contributed by atoms with Crippen LogP contribution in [0.2, 0.25) is 0 Å². The van der Waals surface area contributed by atoms with Gasteiger partial charge in [-0.25, -0.2) is 0 Å². The Labute approximate surface area is 152 Å². The predicted octanol–water partition coefficient (Wildman–Crippen LogP) is 3.23. The van der Waals surface area contributed by atoms with Crippen LogP contribution in [0, 0.1) is 0 Å². The first-order chi connectivity index (χ1) is 12.0. The maximum atomic E-state index is 12.7. The molecule has 1 aliphatic heterocycles. The van der Waals surface area contributed by atoms with Crippen molar-refractivity contribution >= 4 is 28.8 Å². The molecule has 5 nitrogen and oxygen atoms in total. The van der Waals surface area contributed by atoms with Crippen LogP contribution in [-0.4, -0.2) is 47.8 Å². The monoisotopic (exact) mass is 357 g/mol. The fourth-order valence-electron chi connectivity index (χ4n) is 3.10. The number of hydrogen-bond donors (Lipinski definition) is 1. The van der Waals surface area contributed by atoms with Crippen LogP contribution < -0.4 is 5.32 Å². The van der Waals surface area contributed by atoms with Crippen molar-refractivity contribution in [2.75, 3.05) is 31.5 Å². The Kier molecular flexibility index (Phi) is 5.50. The molecule has 2 amide bonds. The molecule has 1 aliphatic rings. The molecule has 0 spiro atoms. The number of hydrogen-bond acceptors (Lipinski definition) is 4. The van der Waals surface area contributed by atoms with E-state index in [1.807, 2.05) is 4.90 Å². The molecule has 1 N–H and O–H groups in total. The summed E-state index contributed by atoms with van der Waals surface area (Å²) in [7, 11) is 0. The number of carbonyl (C=O) groups is 2. The molecule has 3 rings (SSSR count). The Morgan fingerprint density at radius 3 is 2.32 bits per heavy atom. The Balaban J connectivity index is 1.57. The first kappa shape index (κ1) is 17.6. The van der Waals surface area contributed by atoms with Gasteiger partial charge in [-0.3, -0.25) is 14.5 Å². The number of anilines is 1. The van der Waals surface area contributed by atoms with E-state index in [-0.39, 0.29) is 11.8 Å². The Morgan fingerprint density at radius 1 is 1.08 bits per heavy atom. The van der Waals surface area contributed by atoms with Crippen LogP contribution >= 0.6 is 11.3 Å². The molecule has 6 heteroatoms. The lowest BCUT2D eigenvalue weighted by Crippen LogP contribution is -2.49. The fourth-order valence-corrected chi connectivity index (χ4v) is 3.92. The number of nitrogens with zero attached hydrogens (tertiary/aromatic N) is 2. The molecule has 1 saturated heterocycles. The third-order valence-electron chi connectivity index (χ3n) is 4.56. The van der Waals surface area contributed by atoms with E-state index in [0.717, 1.165) is 26.2 Å². The average molecular weight is 357 g/mol. The van der Waals surface area contributed by atoms with E-state index < -0.39 is 0 Å². The van der Waals surface area contributed by atoms with Gasteiger partial charge in [0.25, 0.3) is 5.91 Å². The van der Waals surface area contributed by atoms with E-state index in [0.29, 0.717) is 17.3 Å². The van der Waals surface area contributed by atoms with Crippen LogP contribution in [0.5, 0.6) is 0 Å². The summed E-state index contributed by atoms with van der Waals surface area (Å²) >= 11 is 1.78. The first-order valence-electron chi connectivity index (χ1n) is 8.49. The summed E-state index contributed by atoms with van der Waals surface area (Å²) in [5, 5.41) is 4.82. The molecule has 1 fully saturated rings. The standard InChI is InChI=1S/C19H23N3O2S/c1-14(18-4-3-13-25-18)21-9-11-22(12-10-21)19(24)16-5-7-17(8-6-16)20-15(2)23/h3-8,13-14H,9-12H2,1-2H3,(H,20,23). The van der Waals surface area contributed by atoms with Gasteiger partial charge in [-0.1, -0.05) is 6.07 Å². The van der Waals surface area contributed by atoms with Gasteiger partial charge in [-0.05, 0) is 42.6 Å². The van der Waals surface area contributed by atoms with Crippen molar-refractivity contribution in [3.63, 3.8) is 0 Å². The van der Waals surface area contributed by atoms with E-state index in [4.69, 9.17) is 0 Å². The lowest BCUT2D eigenvalue weighted by atomic mass is 10.1. The molecule has 25 heavy (non-hydrogen) atoms. The highest BCUT2D eigenvalue weighted by molar-refractivity contribution is 7.10. The normalized spacial score (nSPS) is 16.5. The zero-order valence-corrected chi connectivity index (χ0v) is 15.4. The van der Waals surface area contributed by atoms with Crippen molar-refractivity contribution < 1.29 is 9.59 Å². The molecule has 2 heterocycles. The molecule has 132 valence electrons. The second-order valence-corrected chi connectivity index (χ2v) is 7.26. The summed E-state index contributed by atoms with van der Waals surface area (Å²) in [6.07, 6.45) is 0. The van der Waals surface area contributed by atoms with E-state index in [9.17, 15) is 9.59 Å². The second kappa shape index (κ2) is 7.80. The van der Waals surface area contributed by atoms with Crippen LogP contribution in [0.1, 0.15) is 35.1 Å². The van der Waals surface area contributed by atoms with Crippen molar-refractivity contribution in [1.29, 1.82) is 0 Å². The molecule has 0 bridgehead atoms. The second-order valence-electron chi connectivity index (χ2n) is 6.28. The van der Waals surface area contributed by atoms with Crippen LogP contribution in [0.25, 0.3) is 0 Å². The van der Waals surface area contributed by atoms with Crippen LogP contribution in [-0.2, 0) is 4.79 Å². The minimum absolute atomic E-state index is 0.0535. The van der Waals surface area contributed by atoms with Gasteiger partial charge in [0.2, 0.25) is 5.91 Å².